The predicted molar refractivity (Wildman–Crippen MR) is 43.6 cm³/mol. The van der Waals surface area contributed by atoms with Crippen LogP contribution >= 0.6 is 0 Å². The molecule has 70 valence electrons. The van der Waals surface area contributed by atoms with Crippen molar-refractivity contribution in [1.29, 1.82) is 0 Å². The first-order valence-corrected chi connectivity index (χ1v) is 4.22. The third-order valence-corrected chi connectivity index (χ3v) is 2.66. The highest BCUT2D eigenvalue weighted by molar-refractivity contribution is 5.75. The van der Waals surface area contributed by atoms with E-state index in [1.807, 2.05) is 0 Å². The van der Waals surface area contributed by atoms with E-state index >= 15 is 0 Å². The van der Waals surface area contributed by atoms with Gasteiger partial charge in [-0.1, -0.05) is 6.42 Å². The molecule has 1 fully saturated rings. The summed E-state index contributed by atoms with van der Waals surface area (Å²) < 4.78 is 0. The van der Waals surface area contributed by atoms with E-state index in [1.54, 1.807) is 0 Å². The van der Waals surface area contributed by atoms with Gasteiger partial charge in [-0.25, -0.2) is 0 Å². The van der Waals surface area contributed by atoms with Crippen LogP contribution in [0.5, 0.6) is 0 Å². The number of aliphatic hydroxyl groups excluding tert-OH is 1. The fourth-order valence-corrected chi connectivity index (χ4v) is 1.64. The van der Waals surface area contributed by atoms with Crippen molar-refractivity contribution in [2.45, 2.75) is 31.8 Å². The van der Waals surface area contributed by atoms with Gasteiger partial charge in [-0.15, -0.1) is 0 Å². The maximum Gasteiger partial charge on any atom is 0.309 e. The van der Waals surface area contributed by atoms with Crippen LogP contribution in [0.4, 0.5) is 0 Å². The standard InChI is InChI=1S/C8H15NO3/c9-5-6(10)4-8(7(11)12)2-1-3-8/h6,10H,1-5,9H2,(H,11,12)/t6-/m1/s1. The van der Waals surface area contributed by atoms with E-state index in [9.17, 15) is 9.90 Å². The van der Waals surface area contributed by atoms with Gasteiger partial charge in [0.15, 0.2) is 0 Å². The van der Waals surface area contributed by atoms with Crippen LogP contribution in [0.15, 0.2) is 0 Å². The second-order valence-electron chi connectivity index (χ2n) is 3.53. The first kappa shape index (κ1) is 9.48. The molecule has 0 saturated heterocycles. The lowest BCUT2D eigenvalue weighted by molar-refractivity contribution is -0.157. The molecule has 1 rings (SSSR count). The molecule has 0 spiro atoms. The molecule has 0 radical (unpaired) electrons. The Kier molecular flexibility index (Phi) is 2.69. The second-order valence-corrected chi connectivity index (χ2v) is 3.53. The Morgan fingerprint density at radius 1 is 1.58 bits per heavy atom. The third-order valence-electron chi connectivity index (χ3n) is 2.66. The number of aliphatic carboxylic acids is 1. The monoisotopic (exact) mass is 173 g/mol. The minimum absolute atomic E-state index is 0.148. The Morgan fingerprint density at radius 3 is 2.42 bits per heavy atom. The van der Waals surface area contributed by atoms with E-state index in [1.165, 1.54) is 0 Å². The van der Waals surface area contributed by atoms with Crippen LogP contribution in [-0.2, 0) is 4.79 Å². The van der Waals surface area contributed by atoms with E-state index in [0.29, 0.717) is 19.3 Å². The molecule has 1 aliphatic carbocycles. The van der Waals surface area contributed by atoms with E-state index in [0.717, 1.165) is 6.42 Å². The van der Waals surface area contributed by atoms with Crippen molar-refractivity contribution in [2.24, 2.45) is 11.1 Å². The first-order valence-electron chi connectivity index (χ1n) is 4.22. The van der Waals surface area contributed by atoms with Crippen molar-refractivity contribution < 1.29 is 15.0 Å². The van der Waals surface area contributed by atoms with Crippen molar-refractivity contribution in [1.82, 2.24) is 0 Å². The van der Waals surface area contributed by atoms with Gasteiger partial charge in [0.2, 0.25) is 0 Å². The molecule has 1 saturated carbocycles. The first-order chi connectivity index (χ1) is 5.60. The van der Waals surface area contributed by atoms with Gasteiger partial charge >= 0.3 is 5.97 Å². The molecular formula is C8H15NO3. The fourth-order valence-electron chi connectivity index (χ4n) is 1.64. The van der Waals surface area contributed by atoms with Gasteiger partial charge in [0.25, 0.3) is 0 Å². The molecule has 0 bridgehead atoms. The molecule has 1 atom stereocenters. The molecule has 4 N–H and O–H groups in total. The van der Waals surface area contributed by atoms with E-state index in [2.05, 4.69) is 0 Å². The Hall–Kier alpha value is -0.610. The molecule has 1 aliphatic rings. The number of rotatable bonds is 4. The van der Waals surface area contributed by atoms with Gasteiger partial charge in [0.1, 0.15) is 0 Å². The molecule has 0 aliphatic heterocycles. The molecule has 12 heavy (non-hydrogen) atoms. The van der Waals surface area contributed by atoms with E-state index in [-0.39, 0.29) is 6.54 Å². The highest BCUT2D eigenvalue weighted by Gasteiger charge is 2.45. The van der Waals surface area contributed by atoms with Crippen molar-refractivity contribution in [3.05, 3.63) is 0 Å². The van der Waals surface area contributed by atoms with Gasteiger partial charge in [-0.05, 0) is 19.3 Å². The van der Waals surface area contributed by atoms with Crippen LogP contribution in [0.1, 0.15) is 25.7 Å². The van der Waals surface area contributed by atoms with Crippen LogP contribution in [0, 0.1) is 5.41 Å². The van der Waals surface area contributed by atoms with Gasteiger partial charge in [0.05, 0.1) is 11.5 Å². The molecule has 0 aromatic rings. The maximum absolute atomic E-state index is 10.8. The number of carboxylic acid groups (broad SMARTS) is 1. The van der Waals surface area contributed by atoms with Crippen LogP contribution in [-0.4, -0.2) is 28.8 Å². The lowest BCUT2D eigenvalue weighted by atomic mass is 9.65. The van der Waals surface area contributed by atoms with E-state index < -0.39 is 17.5 Å². The summed E-state index contributed by atoms with van der Waals surface area (Å²) in [7, 11) is 0. The summed E-state index contributed by atoms with van der Waals surface area (Å²) >= 11 is 0. The van der Waals surface area contributed by atoms with Crippen LogP contribution in [0.3, 0.4) is 0 Å². The van der Waals surface area contributed by atoms with Gasteiger partial charge in [-0.3, -0.25) is 4.79 Å². The van der Waals surface area contributed by atoms with Crippen molar-refractivity contribution in [3.8, 4) is 0 Å². The lowest BCUT2D eigenvalue weighted by Gasteiger charge is -2.38. The number of hydrogen-bond acceptors (Lipinski definition) is 3. The fraction of sp³-hybridized carbons (Fsp3) is 0.875. The SMILES string of the molecule is NC[C@H](O)CC1(C(=O)O)CCC1. The van der Waals surface area contributed by atoms with Crippen LogP contribution in [0.2, 0.25) is 0 Å². The topological polar surface area (TPSA) is 83.5 Å². The summed E-state index contributed by atoms with van der Waals surface area (Å²) in [6, 6.07) is 0. The summed E-state index contributed by atoms with van der Waals surface area (Å²) in [6.45, 7) is 0.148. The van der Waals surface area contributed by atoms with E-state index in [4.69, 9.17) is 10.8 Å². The molecular weight excluding hydrogens is 158 g/mol. The van der Waals surface area contributed by atoms with Gasteiger partial charge in [-0.2, -0.15) is 0 Å². The number of aliphatic hydroxyl groups is 1. The maximum atomic E-state index is 10.8. The second kappa shape index (κ2) is 3.41. The summed E-state index contributed by atoms with van der Waals surface area (Å²) in [4.78, 5) is 10.8. The molecule has 0 amide bonds. The molecule has 0 unspecified atom stereocenters. The summed E-state index contributed by atoms with van der Waals surface area (Å²) in [5.41, 5.74) is 4.55. The third kappa shape index (κ3) is 1.59. The zero-order valence-electron chi connectivity index (χ0n) is 6.99. The summed E-state index contributed by atoms with van der Waals surface area (Å²) in [6.07, 6.45) is 1.95. The minimum atomic E-state index is -0.791. The van der Waals surface area contributed by atoms with Crippen LogP contribution in [0.25, 0.3) is 0 Å². The largest absolute Gasteiger partial charge is 0.481 e. The number of nitrogens with two attached hydrogens (primary N) is 1. The van der Waals surface area contributed by atoms with Gasteiger partial charge in [0, 0.05) is 6.54 Å². The Labute approximate surface area is 71.4 Å². The number of carbonyl (C=O) groups is 1. The molecule has 0 aromatic carbocycles. The minimum Gasteiger partial charge on any atom is -0.481 e. The molecule has 0 heterocycles. The Bertz CT molecular complexity index is 177. The molecule has 4 heteroatoms. The Morgan fingerprint density at radius 2 is 2.17 bits per heavy atom. The normalized spacial score (nSPS) is 22.8. The summed E-state index contributed by atoms with van der Waals surface area (Å²) in [5.74, 6) is -0.791. The van der Waals surface area contributed by atoms with Crippen molar-refractivity contribution in [3.63, 3.8) is 0 Å². The Balaban J connectivity index is 2.50. The molecule has 0 aromatic heterocycles. The van der Waals surface area contributed by atoms with Crippen molar-refractivity contribution in [2.75, 3.05) is 6.54 Å². The lowest BCUT2D eigenvalue weighted by Crippen LogP contribution is -2.42. The van der Waals surface area contributed by atoms with Crippen LogP contribution < -0.4 is 5.73 Å². The zero-order chi connectivity index (χ0) is 9.19. The number of carboxylic acids is 1. The van der Waals surface area contributed by atoms with Crippen molar-refractivity contribution >= 4 is 5.97 Å². The average Bonchev–Trinajstić information content (AvgIpc) is 1.95. The van der Waals surface area contributed by atoms with Gasteiger partial charge < -0.3 is 15.9 Å². The zero-order valence-corrected chi connectivity index (χ0v) is 6.99. The average molecular weight is 173 g/mol. The predicted octanol–water partition coefficient (Wildman–Crippen LogP) is -0.0490. The highest BCUT2D eigenvalue weighted by atomic mass is 16.4. The highest BCUT2D eigenvalue weighted by Crippen LogP contribution is 2.44. The smallest absolute Gasteiger partial charge is 0.309 e. The summed E-state index contributed by atoms with van der Waals surface area (Å²) in [5, 5.41) is 18.1. The number of hydrogen-bond donors (Lipinski definition) is 3. The molecule has 4 nitrogen and oxygen atoms in total. The quantitative estimate of drug-likeness (QED) is 0.556.